The Kier molecular flexibility index (Phi) is 4.60. The van der Waals surface area contributed by atoms with Crippen molar-refractivity contribution in [2.45, 2.75) is 39.8 Å². The number of benzene rings is 1. The number of aliphatic hydroxyl groups is 1. The topological polar surface area (TPSA) is 41.5 Å². The minimum Gasteiger partial charge on any atom is -0.434 e. The highest BCUT2D eigenvalue weighted by Crippen LogP contribution is 2.44. The molecular formula is C15H21F2NO2. The molecule has 5 heteroatoms. The number of aryl methyl sites for hydroxylation is 2. The molecule has 1 fully saturated rings. The highest BCUT2D eigenvalue weighted by atomic mass is 19.3. The van der Waals surface area contributed by atoms with Crippen molar-refractivity contribution < 1.29 is 18.6 Å². The number of rotatable bonds is 7. The number of hydrogen-bond acceptors (Lipinski definition) is 3. The van der Waals surface area contributed by atoms with E-state index < -0.39 is 6.61 Å². The first-order valence-electron chi connectivity index (χ1n) is 6.82. The zero-order valence-corrected chi connectivity index (χ0v) is 11.9. The van der Waals surface area contributed by atoms with Crippen LogP contribution >= 0.6 is 0 Å². The molecule has 0 bridgehead atoms. The smallest absolute Gasteiger partial charge is 0.387 e. The number of halogens is 2. The Bertz CT molecular complexity index is 450. The molecule has 0 amide bonds. The molecule has 1 saturated carbocycles. The zero-order valence-electron chi connectivity index (χ0n) is 11.9. The van der Waals surface area contributed by atoms with Gasteiger partial charge >= 0.3 is 6.61 Å². The molecule has 2 N–H and O–H groups in total. The first kappa shape index (κ1) is 15.2. The second-order valence-electron chi connectivity index (χ2n) is 5.70. The van der Waals surface area contributed by atoms with E-state index in [1.807, 2.05) is 12.1 Å². The largest absolute Gasteiger partial charge is 0.434 e. The van der Waals surface area contributed by atoms with Gasteiger partial charge in [0.25, 0.3) is 0 Å². The number of alkyl halides is 2. The van der Waals surface area contributed by atoms with Crippen LogP contribution in [0.3, 0.4) is 0 Å². The van der Waals surface area contributed by atoms with Crippen LogP contribution in [0.25, 0.3) is 0 Å². The SMILES string of the molecule is Cc1cc(CNCC2(CO)CC2)cc(C)c1OC(F)F. The van der Waals surface area contributed by atoms with E-state index in [0.717, 1.165) is 24.9 Å². The van der Waals surface area contributed by atoms with Gasteiger partial charge < -0.3 is 15.2 Å². The monoisotopic (exact) mass is 285 g/mol. The van der Waals surface area contributed by atoms with Gasteiger partial charge in [0, 0.05) is 25.1 Å². The van der Waals surface area contributed by atoms with Crippen molar-refractivity contribution in [3.8, 4) is 5.75 Å². The maximum Gasteiger partial charge on any atom is 0.387 e. The molecule has 0 radical (unpaired) electrons. The van der Waals surface area contributed by atoms with Crippen molar-refractivity contribution in [2.24, 2.45) is 5.41 Å². The van der Waals surface area contributed by atoms with Crippen LogP contribution in [0, 0.1) is 19.3 Å². The lowest BCUT2D eigenvalue weighted by molar-refractivity contribution is -0.0507. The first-order chi connectivity index (χ1) is 9.46. The summed E-state index contributed by atoms with van der Waals surface area (Å²) in [5.41, 5.74) is 2.54. The fourth-order valence-corrected chi connectivity index (χ4v) is 2.46. The number of hydrogen-bond donors (Lipinski definition) is 2. The van der Waals surface area contributed by atoms with Gasteiger partial charge in [-0.15, -0.1) is 0 Å². The van der Waals surface area contributed by atoms with Crippen molar-refractivity contribution in [2.75, 3.05) is 13.2 Å². The van der Waals surface area contributed by atoms with Gasteiger partial charge in [-0.25, -0.2) is 0 Å². The lowest BCUT2D eigenvalue weighted by atomic mass is 10.0. The van der Waals surface area contributed by atoms with E-state index in [-0.39, 0.29) is 17.8 Å². The quantitative estimate of drug-likeness (QED) is 0.809. The van der Waals surface area contributed by atoms with E-state index in [1.54, 1.807) is 13.8 Å². The molecule has 0 atom stereocenters. The van der Waals surface area contributed by atoms with Crippen LogP contribution in [0.2, 0.25) is 0 Å². The van der Waals surface area contributed by atoms with Gasteiger partial charge in [-0.3, -0.25) is 0 Å². The maximum atomic E-state index is 12.3. The Labute approximate surface area is 117 Å². The second kappa shape index (κ2) is 6.06. The molecule has 20 heavy (non-hydrogen) atoms. The lowest BCUT2D eigenvalue weighted by Crippen LogP contribution is -2.26. The summed E-state index contributed by atoms with van der Waals surface area (Å²) in [4.78, 5) is 0. The third-order valence-corrected chi connectivity index (χ3v) is 3.85. The highest BCUT2D eigenvalue weighted by Gasteiger charge is 2.41. The average molecular weight is 285 g/mol. The van der Waals surface area contributed by atoms with Gasteiger partial charge in [0.05, 0.1) is 0 Å². The van der Waals surface area contributed by atoms with Crippen LogP contribution in [0.4, 0.5) is 8.78 Å². The molecule has 0 saturated heterocycles. The highest BCUT2D eigenvalue weighted by molar-refractivity contribution is 5.43. The van der Waals surface area contributed by atoms with E-state index in [2.05, 4.69) is 10.1 Å². The minimum atomic E-state index is -2.80. The summed E-state index contributed by atoms with van der Waals surface area (Å²) in [5.74, 6) is 0.262. The molecule has 3 nitrogen and oxygen atoms in total. The number of nitrogens with one attached hydrogen (secondary N) is 1. The van der Waals surface area contributed by atoms with Crippen molar-refractivity contribution in [1.29, 1.82) is 0 Å². The molecule has 1 aromatic rings. The van der Waals surface area contributed by atoms with Gasteiger partial charge in [0.2, 0.25) is 0 Å². The lowest BCUT2D eigenvalue weighted by Gasteiger charge is -2.15. The second-order valence-corrected chi connectivity index (χ2v) is 5.70. The van der Waals surface area contributed by atoms with Crippen LogP contribution in [-0.4, -0.2) is 24.9 Å². The van der Waals surface area contributed by atoms with Crippen LogP contribution < -0.4 is 10.1 Å². The first-order valence-corrected chi connectivity index (χ1v) is 6.82. The molecule has 0 aliphatic heterocycles. The fraction of sp³-hybridized carbons (Fsp3) is 0.600. The minimum absolute atomic E-state index is 0.0722. The molecule has 0 unspecified atom stereocenters. The van der Waals surface area contributed by atoms with Crippen LogP contribution in [0.1, 0.15) is 29.5 Å². The molecule has 1 aliphatic carbocycles. The summed E-state index contributed by atoms with van der Waals surface area (Å²) < 4.78 is 29.1. The van der Waals surface area contributed by atoms with Crippen LogP contribution in [0.15, 0.2) is 12.1 Å². The fourth-order valence-electron chi connectivity index (χ4n) is 2.46. The van der Waals surface area contributed by atoms with Crippen molar-refractivity contribution in [1.82, 2.24) is 5.32 Å². The zero-order chi connectivity index (χ0) is 14.8. The molecule has 2 rings (SSSR count). The van der Waals surface area contributed by atoms with Gasteiger partial charge in [0.15, 0.2) is 0 Å². The Morgan fingerprint density at radius 2 is 1.90 bits per heavy atom. The summed E-state index contributed by atoms with van der Waals surface area (Å²) in [6.45, 7) is 2.42. The molecule has 0 aromatic heterocycles. The van der Waals surface area contributed by atoms with Gasteiger partial charge in [-0.05, 0) is 43.4 Å². The molecular weight excluding hydrogens is 264 g/mol. The normalized spacial score (nSPS) is 16.5. The Morgan fingerprint density at radius 3 is 2.35 bits per heavy atom. The van der Waals surface area contributed by atoms with E-state index >= 15 is 0 Å². The van der Waals surface area contributed by atoms with E-state index in [0.29, 0.717) is 17.7 Å². The molecule has 1 aromatic carbocycles. The summed E-state index contributed by atoms with van der Waals surface area (Å²) in [5, 5.41) is 12.6. The Balaban J connectivity index is 1.95. The maximum absolute atomic E-state index is 12.3. The van der Waals surface area contributed by atoms with Crippen LogP contribution in [-0.2, 0) is 6.54 Å². The van der Waals surface area contributed by atoms with Gasteiger partial charge in [0.1, 0.15) is 5.75 Å². The van der Waals surface area contributed by atoms with Crippen molar-refractivity contribution in [3.05, 3.63) is 28.8 Å². The standard InChI is InChI=1S/C15H21F2NO2/c1-10-5-12(6-11(2)13(10)20-14(16)17)7-18-8-15(9-19)3-4-15/h5-6,14,18-19H,3-4,7-9H2,1-2H3. The summed E-state index contributed by atoms with van der Waals surface area (Å²) in [6, 6.07) is 3.71. The summed E-state index contributed by atoms with van der Waals surface area (Å²) in [7, 11) is 0. The summed E-state index contributed by atoms with van der Waals surface area (Å²) in [6.07, 6.45) is 2.13. The Morgan fingerprint density at radius 1 is 1.30 bits per heavy atom. The third-order valence-electron chi connectivity index (χ3n) is 3.85. The van der Waals surface area contributed by atoms with Crippen LogP contribution in [0.5, 0.6) is 5.75 Å². The predicted molar refractivity (Wildman–Crippen MR) is 73.0 cm³/mol. The number of ether oxygens (including phenoxy) is 1. The molecule has 0 spiro atoms. The van der Waals surface area contributed by atoms with E-state index in [9.17, 15) is 13.9 Å². The average Bonchev–Trinajstić information content (AvgIpc) is 3.14. The van der Waals surface area contributed by atoms with E-state index in [1.165, 1.54) is 0 Å². The van der Waals surface area contributed by atoms with Gasteiger partial charge in [-0.1, -0.05) is 12.1 Å². The molecule has 1 aliphatic rings. The van der Waals surface area contributed by atoms with Crippen molar-refractivity contribution >= 4 is 0 Å². The number of aliphatic hydroxyl groups excluding tert-OH is 1. The van der Waals surface area contributed by atoms with Gasteiger partial charge in [-0.2, -0.15) is 8.78 Å². The third kappa shape index (κ3) is 3.67. The van der Waals surface area contributed by atoms with Crippen molar-refractivity contribution in [3.63, 3.8) is 0 Å². The summed E-state index contributed by atoms with van der Waals surface area (Å²) >= 11 is 0. The molecule has 112 valence electrons. The predicted octanol–water partition coefficient (Wildman–Crippen LogP) is 2.77. The Hall–Kier alpha value is -1.20. The molecule has 0 heterocycles. The van der Waals surface area contributed by atoms with E-state index in [4.69, 9.17) is 0 Å².